The van der Waals surface area contributed by atoms with Crippen LogP contribution in [0.2, 0.25) is 0 Å². The standard InChI is InChI=1S/C24H26N4OS/c30-24-26-22(20-11-4-5-13-25-20)23(28(24)16-18-8-2-1-3-9-18)21-12-6-14-27(21)17-19-10-7-15-29-19/h1-6,8-9,11-14,19,22-23H,7,10,15-17H2,(H,26,30)/t19-,22-,23-/m0/s1. The molecular weight excluding hydrogens is 392 g/mol. The lowest BCUT2D eigenvalue weighted by atomic mass is 10.0. The summed E-state index contributed by atoms with van der Waals surface area (Å²) in [5, 5.41) is 4.32. The minimum Gasteiger partial charge on any atom is -0.376 e. The van der Waals surface area contributed by atoms with Crippen molar-refractivity contribution in [3.63, 3.8) is 0 Å². The summed E-state index contributed by atoms with van der Waals surface area (Å²) >= 11 is 5.81. The van der Waals surface area contributed by atoms with E-state index < -0.39 is 0 Å². The third-order valence-electron chi connectivity index (χ3n) is 5.99. The van der Waals surface area contributed by atoms with Crippen molar-refractivity contribution in [1.29, 1.82) is 0 Å². The summed E-state index contributed by atoms with van der Waals surface area (Å²) in [5.41, 5.74) is 3.49. The average Bonchev–Trinajstić information content (AvgIpc) is 3.52. The fraction of sp³-hybridized carbons (Fsp3) is 0.333. The number of hydrogen-bond acceptors (Lipinski definition) is 3. The van der Waals surface area contributed by atoms with E-state index in [0.29, 0.717) is 0 Å². The molecule has 154 valence electrons. The highest BCUT2D eigenvalue weighted by Crippen LogP contribution is 2.39. The molecule has 3 aromatic rings. The van der Waals surface area contributed by atoms with Gasteiger partial charge in [0.1, 0.15) is 0 Å². The van der Waals surface area contributed by atoms with E-state index >= 15 is 0 Å². The van der Waals surface area contributed by atoms with Gasteiger partial charge in [-0.25, -0.2) is 0 Å². The van der Waals surface area contributed by atoms with E-state index in [1.165, 1.54) is 11.3 Å². The molecule has 2 aliphatic rings. The van der Waals surface area contributed by atoms with Crippen LogP contribution >= 0.6 is 12.2 Å². The normalized spacial score (nSPS) is 23.7. The van der Waals surface area contributed by atoms with Crippen LogP contribution in [0.3, 0.4) is 0 Å². The Morgan fingerprint density at radius 1 is 1.07 bits per heavy atom. The number of rotatable bonds is 6. The molecule has 3 atom stereocenters. The van der Waals surface area contributed by atoms with Crippen LogP contribution in [0.15, 0.2) is 73.1 Å². The van der Waals surface area contributed by atoms with Crippen molar-refractivity contribution in [2.45, 2.75) is 44.1 Å². The van der Waals surface area contributed by atoms with Gasteiger partial charge in [0.2, 0.25) is 0 Å². The van der Waals surface area contributed by atoms with Gasteiger partial charge in [0.15, 0.2) is 5.11 Å². The highest BCUT2D eigenvalue weighted by Gasteiger charge is 2.41. The summed E-state index contributed by atoms with van der Waals surface area (Å²) in [6.07, 6.45) is 6.56. The molecule has 0 amide bonds. The van der Waals surface area contributed by atoms with E-state index in [1.807, 2.05) is 24.4 Å². The van der Waals surface area contributed by atoms with Crippen molar-refractivity contribution in [2.24, 2.45) is 0 Å². The second-order valence-electron chi connectivity index (χ2n) is 7.96. The third-order valence-corrected chi connectivity index (χ3v) is 6.34. The topological polar surface area (TPSA) is 42.3 Å². The lowest BCUT2D eigenvalue weighted by Gasteiger charge is -2.29. The van der Waals surface area contributed by atoms with Gasteiger partial charge in [0, 0.05) is 37.8 Å². The number of aromatic nitrogens is 2. The number of pyridine rings is 1. The number of hydrogen-bond donors (Lipinski definition) is 1. The Hall–Kier alpha value is -2.70. The van der Waals surface area contributed by atoms with Crippen molar-refractivity contribution in [3.05, 3.63) is 90.0 Å². The minimum atomic E-state index is 0.000517. The quantitative estimate of drug-likeness (QED) is 0.607. The van der Waals surface area contributed by atoms with E-state index in [9.17, 15) is 0 Å². The summed E-state index contributed by atoms with van der Waals surface area (Å²) in [6, 6.07) is 21.0. The van der Waals surface area contributed by atoms with Crippen LogP contribution in [0, 0.1) is 0 Å². The van der Waals surface area contributed by atoms with Gasteiger partial charge in [-0.15, -0.1) is 0 Å². The van der Waals surface area contributed by atoms with Gasteiger partial charge in [0.25, 0.3) is 0 Å². The number of ether oxygens (including phenoxy) is 1. The first-order valence-corrected chi connectivity index (χ1v) is 11.0. The zero-order valence-corrected chi connectivity index (χ0v) is 17.7. The van der Waals surface area contributed by atoms with Crippen LogP contribution in [0.4, 0.5) is 0 Å². The number of nitrogens with zero attached hydrogens (tertiary/aromatic N) is 3. The van der Waals surface area contributed by atoms with Gasteiger partial charge in [0.05, 0.1) is 23.9 Å². The fourth-order valence-electron chi connectivity index (χ4n) is 4.55. The van der Waals surface area contributed by atoms with E-state index in [4.69, 9.17) is 17.0 Å². The van der Waals surface area contributed by atoms with Crippen LogP contribution in [0.5, 0.6) is 0 Å². The maximum Gasteiger partial charge on any atom is 0.170 e. The Balaban J connectivity index is 1.51. The maximum atomic E-state index is 5.91. The zero-order valence-electron chi connectivity index (χ0n) is 16.9. The Bertz CT molecular complexity index is 985. The Morgan fingerprint density at radius 3 is 2.70 bits per heavy atom. The van der Waals surface area contributed by atoms with Crippen molar-refractivity contribution in [1.82, 2.24) is 19.8 Å². The van der Waals surface area contributed by atoms with Gasteiger partial charge in [-0.2, -0.15) is 0 Å². The zero-order chi connectivity index (χ0) is 20.3. The highest BCUT2D eigenvalue weighted by atomic mass is 32.1. The van der Waals surface area contributed by atoms with Crippen LogP contribution in [-0.2, 0) is 17.8 Å². The van der Waals surface area contributed by atoms with Crippen LogP contribution in [0.25, 0.3) is 0 Å². The second kappa shape index (κ2) is 8.58. The monoisotopic (exact) mass is 418 g/mol. The van der Waals surface area contributed by atoms with Gasteiger partial charge >= 0.3 is 0 Å². The molecule has 4 heterocycles. The highest BCUT2D eigenvalue weighted by molar-refractivity contribution is 7.80. The smallest absolute Gasteiger partial charge is 0.170 e. The first kappa shape index (κ1) is 19.3. The van der Waals surface area contributed by atoms with E-state index in [0.717, 1.165) is 43.3 Å². The summed E-state index contributed by atoms with van der Waals surface area (Å²) in [6.45, 7) is 2.50. The maximum absolute atomic E-state index is 5.91. The molecule has 0 radical (unpaired) electrons. The van der Waals surface area contributed by atoms with Crippen LogP contribution in [-0.4, -0.2) is 32.3 Å². The molecule has 30 heavy (non-hydrogen) atoms. The predicted octanol–water partition coefficient (Wildman–Crippen LogP) is 4.23. The van der Waals surface area contributed by atoms with Crippen molar-refractivity contribution >= 4 is 17.3 Å². The third kappa shape index (κ3) is 3.85. The minimum absolute atomic E-state index is 0.000517. The fourth-order valence-corrected chi connectivity index (χ4v) is 4.85. The Kier molecular flexibility index (Phi) is 5.51. The molecule has 0 aliphatic carbocycles. The molecule has 6 heteroatoms. The molecule has 2 aliphatic heterocycles. The van der Waals surface area contributed by atoms with Gasteiger partial charge in [-0.05, 0) is 54.9 Å². The predicted molar refractivity (Wildman–Crippen MR) is 121 cm³/mol. The molecule has 0 saturated carbocycles. The van der Waals surface area contributed by atoms with E-state index in [-0.39, 0.29) is 18.2 Å². The molecule has 2 saturated heterocycles. The average molecular weight is 419 g/mol. The summed E-state index contributed by atoms with van der Waals surface area (Å²) in [7, 11) is 0. The number of thiocarbonyl (C=S) groups is 1. The van der Waals surface area contributed by atoms with Gasteiger partial charge < -0.3 is 19.5 Å². The molecule has 0 spiro atoms. The second-order valence-corrected chi connectivity index (χ2v) is 8.35. The largest absolute Gasteiger partial charge is 0.376 e. The van der Waals surface area contributed by atoms with Gasteiger partial charge in [-0.3, -0.25) is 4.98 Å². The van der Waals surface area contributed by atoms with E-state index in [2.05, 4.69) is 68.4 Å². The SMILES string of the molecule is S=C1N[C@@H](c2ccccn2)[C@H](c2cccn2C[C@@H]2CCCO2)N1Cc1ccccc1. The molecule has 0 unspecified atom stereocenters. The first-order chi connectivity index (χ1) is 14.8. The Morgan fingerprint density at radius 2 is 1.93 bits per heavy atom. The molecule has 1 N–H and O–H groups in total. The van der Waals surface area contributed by atoms with E-state index in [1.54, 1.807) is 0 Å². The molecule has 5 nitrogen and oxygen atoms in total. The molecule has 1 aromatic carbocycles. The number of benzene rings is 1. The lowest BCUT2D eigenvalue weighted by Crippen LogP contribution is -2.30. The molecule has 0 bridgehead atoms. The molecule has 2 fully saturated rings. The summed E-state index contributed by atoms with van der Waals surface area (Å²) < 4.78 is 8.25. The Labute approximate surface area is 182 Å². The molecule has 5 rings (SSSR count). The van der Waals surface area contributed by atoms with Crippen LogP contribution in [0.1, 0.15) is 41.9 Å². The van der Waals surface area contributed by atoms with Gasteiger partial charge in [-0.1, -0.05) is 36.4 Å². The molecule has 2 aromatic heterocycles. The molecular formula is C24H26N4OS. The van der Waals surface area contributed by atoms with Crippen molar-refractivity contribution in [2.75, 3.05) is 6.61 Å². The summed E-state index contributed by atoms with van der Waals surface area (Å²) in [5.74, 6) is 0. The number of nitrogens with one attached hydrogen (secondary N) is 1. The lowest BCUT2D eigenvalue weighted by molar-refractivity contribution is 0.0953. The van der Waals surface area contributed by atoms with Crippen LogP contribution < -0.4 is 5.32 Å². The van der Waals surface area contributed by atoms with Crippen molar-refractivity contribution < 1.29 is 4.74 Å². The first-order valence-electron chi connectivity index (χ1n) is 10.6. The van der Waals surface area contributed by atoms with Crippen molar-refractivity contribution in [3.8, 4) is 0 Å². The summed E-state index contributed by atoms with van der Waals surface area (Å²) in [4.78, 5) is 6.94.